The van der Waals surface area contributed by atoms with E-state index in [2.05, 4.69) is 69.4 Å². The summed E-state index contributed by atoms with van der Waals surface area (Å²) in [4.78, 5) is 12.3. The number of pyridine rings is 1. The topological polar surface area (TPSA) is 46.3 Å². The van der Waals surface area contributed by atoms with Crippen LogP contribution in [0, 0.1) is 12.8 Å². The van der Waals surface area contributed by atoms with Gasteiger partial charge in [0.25, 0.3) is 0 Å². The highest BCUT2D eigenvalue weighted by Gasteiger charge is 2.19. The fraction of sp³-hybridized carbons (Fsp3) is 0.595. The first kappa shape index (κ1) is 30.7. The van der Waals surface area contributed by atoms with Crippen LogP contribution in [0.5, 0.6) is 0 Å². The van der Waals surface area contributed by atoms with Gasteiger partial charge in [0.2, 0.25) is 0 Å². The average molecular weight is 568 g/mol. The molecule has 5 heteroatoms. The summed E-state index contributed by atoms with van der Waals surface area (Å²) < 4.78 is 1.99. The maximum absolute atomic E-state index is 4.94. The van der Waals surface area contributed by atoms with Gasteiger partial charge in [-0.05, 0) is 93.8 Å². The summed E-state index contributed by atoms with van der Waals surface area (Å²) in [5, 5.41) is 5.92. The van der Waals surface area contributed by atoms with Gasteiger partial charge in [0.15, 0.2) is 5.65 Å². The highest BCUT2D eigenvalue weighted by molar-refractivity contribution is 5.99. The molecule has 0 amide bonds. The third kappa shape index (κ3) is 7.78. The third-order valence-corrected chi connectivity index (χ3v) is 9.65. The van der Waals surface area contributed by atoms with Gasteiger partial charge in [0.05, 0.1) is 11.7 Å². The van der Waals surface area contributed by atoms with Gasteiger partial charge in [-0.25, -0.2) is 9.50 Å². The van der Waals surface area contributed by atoms with E-state index in [1.165, 1.54) is 119 Å². The van der Waals surface area contributed by atoms with Crippen LogP contribution in [-0.2, 0) is 6.42 Å². The second-order valence-corrected chi connectivity index (χ2v) is 13.1. The lowest BCUT2D eigenvalue weighted by Crippen LogP contribution is -2.20. The predicted molar refractivity (Wildman–Crippen MR) is 177 cm³/mol. The van der Waals surface area contributed by atoms with Crippen LogP contribution in [0.2, 0.25) is 0 Å². The molecule has 226 valence electrons. The number of nitrogens with zero attached hydrogens (tertiary/aromatic N) is 5. The molecule has 0 spiro atoms. The smallest absolute Gasteiger partial charge is 0.162 e. The lowest BCUT2D eigenvalue weighted by atomic mass is 9.91. The lowest BCUT2D eigenvalue weighted by Gasteiger charge is -2.16. The number of benzene rings is 1. The Balaban J connectivity index is 0.000000300. The Morgan fingerprint density at radius 3 is 2.33 bits per heavy atom. The number of hydrogen-bond donors (Lipinski definition) is 0. The van der Waals surface area contributed by atoms with Gasteiger partial charge in [-0.1, -0.05) is 89.8 Å². The number of hydrogen-bond acceptors (Lipinski definition) is 4. The monoisotopic (exact) mass is 567 g/mol. The van der Waals surface area contributed by atoms with Crippen LogP contribution in [0.15, 0.2) is 42.9 Å². The molecular formula is C37H53N5. The first-order valence-corrected chi connectivity index (χ1v) is 16.9. The minimum Gasteiger partial charge on any atom is -0.306 e. The molecule has 2 unspecified atom stereocenters. The summed E-state index contributed by atoms with van der Waals surface area (Å²) in [6, 6.07) is 8.66. The highest BCUT2D eigenvalue weighted by Crippen LogP contribution is 2.35. The fourth-order valence-electron chi connectivity index (χ4n) is 7.03. The average Bonchev–Trinajstić information content (AvgIpc) is 3.49. The van der Waals surface area contributed by atoms with E-state index in [9.17, 15) is 0 Å². The quantitative estimate of drug-likeness (QED) is 0.247. The summed E-state index contributed by atoms with van der Waals surface area (Å²) in [6.45, 7) is 9.31. The number of para-hydroxylation sites is 1. The molecule has 2 aliphatic rings. The van der Waals surface area contributed by atoms with Crippen molar-refractivity contribution >= 4 is 16.6 Å². The van der Waals surface area contributed by atoms with Crippen molar-refractivity contribution in [3.05, 3.63) is 59.7 Å². The molecule has 6 rings (SSSR count). The SMILES string of the molecule is CCc1cccc2c(-c3cnn4cc(C5CCCCC(C)CCC5)cnc34)cc(C)nc12.CN1CCCCCCCC1. The van der Waals surface area contributed by atoms with Crippen LogP contribution in [-0.4, -0.2) is 44.6 Å². The molecule has 4 heterocycles. The summed E-state index contributed by atoms with van der Waals surface area (Å²) in [5.41, 5.74) is 7.95. The summed E-state index contributed by atoms with van der Waals surface area (Å²) >= 11 is 0. The van der Waals surface area contributed by atoms with Crippen molar-refractivity contribution in [2.75, 3.05) is 20.1 Å². The molecule has 1 aliphatic heterocycles. The zero-order chi connectivity index (χ0) is 29.3. The lowest BCUT2D eigenvalue weighted by molar-refractivity contribution is 0.327. The summed E-state index contributed by atoms with van der Waals surface area (Å²) in [5.74, 6) is 1.47. The standard InChI is InChI=1S/C28H34N4.C9H19N/c1-4-21-12-8-14-24-25(15-20(3)31-27(21)24)26-17-30-32-18-23(16-29-28(26)32)22-11-6-5-9-19(2)10-7-13-22;1-10-8-6-4-2-3-5-7-9-10/h8,12,14-19,22H,4-7,9-11,13H2,1-3H3;2-9H2,1H3. The highest BCUT2D eigenvalue weighted by atomic mass is 15.2. The molecule has 2 atom stereocenters. The van der Waals surface area contributed by atoms with Crippen molar-refractivity contribution < 1.29 is 0 Å². The Hall–Kier alpha value is -2.79. The Bertz CT molecular complexity index is 1410. The number of aryl methyl sites for hydroxylation is 2. The van der Waals surface area contributed by atoms with Crippen molar-refractivity contribution in [1.82, 2.24) is 24.5 Å². The van der Waals surface area contributed by atoms with Gasteiger partial charge in [-0.3, -0.25) is 4.98 Å². The minimum absolute atomic E-state index is 0.598. The molecule has 4 aromatic rings. The first-order chi connectivity index (χ1) is 20.5. The van der Waals surface area contributed by atoms with Gasteiger partial charge >= 0.3 is 0 Å². The molecule has 2 fully saturated rings. The molecule has 1 saturated carbocycles. The van der Waals surface area contributed by atoms with Gasteiger partial charge in [0.1, 0.15) is 0 Å². The maximum Gasteiger partial charge on any atom is 0.162 e. The van der Waals surface area contributed by atoms with E-state index in [1.807, 2.05) is 10.7 Å². The number of fused-ring (bicyclic) bond motifs is 2. The van der Waals surface area contributed by atoms with Gasteiger partial charge in [-0.2, -0.15) is 5.10 Å². The van der Waals surface area contributed by atoms with Crippen LogP contribution >= 0.6 is 0 Å². The molecule has 1 aliphatic carbocycles. The molecular weight excluding hydrogens is 514 g/mol. The van der Waals surface area contributed by atoms with E-state index in [4.69, 9.17) is 15.1 Å². The minimum atomic E-state index is 0.598. The van der Waals surface area contributed by atoms with E-state index >= 15 is 0 Å². The number of aromatic nitrogens is 4. The number of rotatable bonds is 3. The molecule has 3 aromatic heterocycles. The van der Waals surface area contributed by atoms with Crippen molar-refractivity contribution in [2.24, 2.45) is 5.92 Å². The molecule has 0 radical (unpaired) electrons. The Kier molecular flexibility index (Phi) is 11.0. The van der Waals surface area contributed by atoms with Crippen LogP contribution < -0.4 is 0 Å². The molecule has 1 aromatic carbocycles. The fourth-order valence-corrected chi connectivity index (χ4v) is 7.03. The van der Waals surface area contributed by atoms with Crippen LogP contribution in [0.25, 0.3) is 27.7 Å². The summed E-state index contributed by atoms with van der Waals surface area (Å²) in [6.07, 6.45) is 25.2. The normalized spacial score (nSPS) is 21.3. The van der Waals surface area contributed by atoms with Crippen molar-refractivity contribution in [3.63, 3.8) is 0 Å². The van der Waals surface area contributed by atoms with E-state index in [0.29, 0.717) is 5.92 Å². The van der Waals surface area contributed by atoms with Gasteiger partial charge in [-0.15, -0.1) is 0 Å². The van der Waals surface area contributed by atoms with Crippen LogP contribution in [0.3, 0.4) is 0 Å². The van der Waals surface area contributed by atoms with E-state index < -0.39 is 0 Å². The Labute approximate surface area is 254 Å². The van der Waals surface area contributed by atoms with Crippen molar-refractivity contribution in [3.8, 4) is 11.1 Å². The van der Waals surface area contributed by atoms with Crippen molar-refractivity contribution in [2.45, 2.75) is 117 Å². The van der Waals surface area contributed by atoms with Gasteiger partial charge < -0.3 is 4.90 Å². The molecule has 0 N–H and O–H groups in total. The second-order valence-electron chi connectivity index (χ2n) is 13.1. The third-order valence-electron chi connectivity index (χ3n) is 9.65. The predicted octanol–water partition coefficient (Wildman–Crippen LogP) is 9.55. The Morgan fingerprint density at radius 2 is 1.55 bits per heavy atom. The Morgan fingerprint density at radius 1 is 0.833 bits per heavy atom. The van der Waals surface area contributed by atoms with Crippen molar-refractivity contribution in [1.29, 1.82) is 0 Å². The van der Waals surface area contributed by atoms with E-state index in [-0.39, 0.29) is 0 Å². The van der Waals surface area contributed by atoms with Crippen LogP contribution in [0.1, 0.15) is 120 Å². The molecule has 5 nitrogen and oxygen atoms in total. The summed E-state index contributed by atoms with van der Waals surface area (Å²) in [7, 11) is 2.24. The van der Waals surface area contributed by atoms with Crippen LogP contribution in [0.4, 0.5) is 0 Å². The molecule has 42 heavy (non-hydrogen) atoms. The first-order valence-electron chi connectivity index (χ1n) is 16.9. The second kappa shape index (κ2) is 15.1. The largest absolute Gasteiger partial charge is 0.306 e. The maximum atomic E-state index is 4.94. The zero-order valence-corrected chi connectivity index (χ0v) is 26.7. The molecule has 1 saturated heterocycles. The van der Waals surface area contributed by atoms with E-state index in [0.717, 1.165) is 34.8 Å². The van der Waals surface area contributed by atoms with E-state index in [1.54, 1.807) is 0 Å². The molecule has 0 bridgehead atoms. The zero-order valence-electron chi connectivity index (χ0n) is 26.7. The van der Waals surface area contributed by atoms with Gasteiger partial charge in [0, 0.05) is 29.0 Å².